The largest absolute Gasteiger partial charge is 0.504 e. The highest BCUT2D eigenvalue weighted by Crippen LogP contribution is 2.64. The molecule has 0 aromatic heterocycles. The second-order valence-corrected chi connectivity index (χ2v) is 9.04. The van der Waals surface area contributed by atoms with Crippen molar-refractivity contribution in [1.29, 1.82) is 0 Å². The van der Waals surface area contributed by atoms with Crippen molar-refractivity contribution in [2.24, 2.45) is 0 Å². The number of carbonyl (C=O) groups excluding carboxylic acids is 2. The fraction of sp³-hybridized carbons (Fsp3) is 0.417. The van der Waals surface area contributed by atoms with Gasteiger partial charge in [-0.1, -0.05) is 36.4 Å². The van der Waals surface area contributed by atoms with Gasteiger partial charge < -0.3 is 14.9 Å². The first kappa shape index (κ1) is 18.1. The first-order valence-electron chi connectivity index (χ1n) is 10.5. The zero-order valence-corrected chi connectivity index (χ0v) is 16.5. The first-order valence-corrected chi connectivity index (χ1v) is 10.5. The highest BCUT2D eigenvalue weighted by Gasteiger charge is 2.73. The summed E-state index contributed by atoms with van der Waals surface area (Å²) in [6, 6.07) is 12.4. The molecule has 6 rings (SSSR count). The topological polar surface area (TPSA) is 87.1 Å². The summed E-state index contributed by atoms with van der Waals surface area (Å²) in [7, 11) is 0. The highest BCUT2D eigenvalue weighted by atomic mass is 16.5. The Labute approximate surface area is 174 Å². The predicted molar refractivity (Wildman–Crippen MR) is 108 cm³/mol. The molecule has 2 heterocycles. The Morgan fingerprint density at radius 2 is 1.97 bits per heavy atom. The third kappa shape index (κ3) is 2.05. The molecule has 2 aliphatic heterocycles. The number of hydrogen-bond acceptors (Lipinski definition) is 6. The molecule has 2 bridgehead atoms. The average molecular weight is 405 g/mol. The van der Waals surface area contributed by atoms with Crippen molar-refractivity contribution in [3.63, 3.8) is 0 Å². The summed E-state index contributed by atoms with van der Waals surface area (Å²) < 4.78 is 6.03. The molecule has 154 valence electrons. The predicted octanol–water partition coefficient (Wildman–Crippen LogP) is 2.00. The number of Topliss-reactive ketones (excluding diaryl/α,β-unsaturated/α-hetero) is 2. The first-order chi connectivity index (χ1) is 14.5. The van der Waals surface area contributed by atoms with Crippen LogP contribution in [-0.2, 0) is 16.6 Å². The number of ketones is 2. The van der Waals surface area contributed by atoms with Crippen molar-refractivity contribution >= 4 is 11.6 Å². The number of likely N-dealkylation sites (tertiary alicyclic amines) is 1. The van der Waals surface area contributed by atoms with E-state index in [-0.39, 0.29) is 36.3 Å². The third-order valence-corrected chi connectivity index (χ3v) is 7.81. The van der Waals surface area contributed by atoms with Crippen LogP contribution in [0.3, 0.4) is 0 Å². The average Bonchev–Trinajstić information content (AvgIpc) is 3.11. The Hall–Kier alpha value is -2.70. The van der Waals surface area contributed by atoms with E-state index in [2.05, 4.69) is 4.90 Å². The van der Waals surface area contributed by atoms with Gasteiger partial charge in [-0.2, -0.15) is 0 Å². The summed E-state index contributed by atoms with van der Waals surface area (Å²) in [6.07, 6.45) is 0.896. The van der Waals surface area contributed by atoms with Gasteiger partial charge in [0.05, 0.1) is 17.6 Å². The van der Waals surface area contributed by atoms with Crippen LogP contribution in [0, 0.1) is 0 Å². The molecule has 0 unspecified atom stereocenters. The van der Waals surface area contributed by atoms with E-state index in [1.807, 2.05) is 36.4 Å². The molecule has 0 radical (unpaired) electrons. The smallest absolute Gasteiger partial charge is 0.176 e. The van der Waals surface area contributed by atoms with Crippen molar-refractivity contribution in [2.75, 3.05) is 13.1 Å². The van der Waals surface area contributed by atoms with Crippen LogP contribution in [0.4, 0.5) is 0 Å². The molecule has 2 aliphatic carbocycles. The van der Waals surface area contributed by atoms with Crippen molar-refractivity contribution in [1.82, 2.24) is 4.90 Å². The number of ether oxygens (including phenoxy) is 1. The van der Waals surface area contributed by atoms with E-state index in [0.29, 0.717) is 37.1 Å². The van der Waals surface area contributed by atoms with Gasteiger partial charge in [0.1, 0.15) is 0 Å². The summed E-state index contributed by atoms with van der Waals surface area (Å²) in [5.74, 6) is 0.389. The van der Waals surface area contributed by atoms with Gasteiger partial charge in [-0.3, -0.25) is 14.5 Å². The maximum Gasteiger partial charge on any atom is 0.176 e. The van der Waals surface area contributed by atoms with Crippen LogP contribution in [0.15, 0.2) is 42.5 Å². The van der Waals surface area contributed by atoms with E-state index < -0.39 is 17.1 Å². The standard InChI is InChI=1S/C24H23NO5/c26-16-7-6-15-12-19-24(29)9-8-17(27)22-23(24,20(15)21(16)30-22)10-11-25(19)13-18(28)14-4-2-1-3-5-14/h1-7,19,22,26,29H,8-13H2/t19-,22+,23+,24-/m1/s1. The molecular formula is C24H23NO5. The molecule has 30 heavy (non-hydrogen) atoms. The number of aromatic hydroxyl groups is 1. The SMILES string of the molecule is O=C(CN1CC[C@]23c4c5ccc(O)c4O[C@H]2C(=O)CC[C@@]3(O)[C@H]1C5)c1ccccc1. The third-order valence-electron chi connectivity index (χ3n) is 7.81. The lowest BCUT2D eigenvalue weighted by molar-refractivity contribution is -0.187. The highest BCUT2D eigenvalue weighted by molar-refractivity contribution is 5.97. The van der Waals surface area contributed by atoms with E-state index in [1.165, 1.54) is 0 Å². The number of benzene rings is 2. The van der Waals surface area contributed by atoms with Crippen molar-refractivity contribution < 1.29 is 24.5 Å². The fourth-order valence-electron chi connectivity index (χ4n) is 6.50. The molecule has 6 heteroatoms. The summed E-state index contributed by atoms with van der Waals surface area (Å²) >= 11 is 0. The molecule has 4 aliphatic rings. The van der Waals surface area contributed by atoms with E-state index in [4.69, 9.17) is 4.74 Å². The fourth-order valence-corrected chi connectivity index (χ4v) is 6.50. The second-order valence-electron chi connectivity index (χ2n) is 9.04. The summed E-state index contributed by atoms with van der Waals surface area (Å²) in [5.41, 5.74) is 0.447. The Morgan fingerprint density at radius 1 is 1.17 bits per heavy atom. The zero-order valence-electron chi connectivity index (χ0n) is 16.5. The number of carbonyl (C=O) groups is 2. The molecular weight excluding hydrogens is 382 g/mol. The van der Waals surface area contributed by atoms with Crippen molar-refractivity contribution in [3.8, 4) is 11.5 Å². The molecule has 2 aromatic rings. The van der Waals surface area contributed by atoms with Crippen LogP contribution in [0.5, 0.6) is 11.5 Å². The molecule has 1 saturated heterocycles. The molecule has 6 nitrogen and oxygen atoms in total. The summed E-state index contributed by atoms with van der Waals surface area (Å²) in [5, 5.41) is 22.5. The van der Waals surface area contributed by atoms with Gasteiger partial charge in [-0.05, 0) is 30.9 Å². The van der Waals surface area contributed by atoms with Crippen LogP contribution >= 0.6 is 0 Å². The lowest BCUT2D eigenvalue weighted by Gasteiger charge is -2.62. The van der Waals surface area contributed by atoms with Gasteiger partial charge in [-0.15, -0.1) is 0 Å². The molecule has 0 amide bonds. The quantitative estimate of drug-likeness (QED) is 0.760. The Balaban J connectivity index is 1.45. The molecule has 2 N–H and O–H groups in total. The number of piperidine rings is 1. The molecule has 4 atom stereocenters. The van der Waals surface area contributed by atoms with E-state index in [0.717, 1.165) is 11.1 Å². The second kappa shape index (κ2) is 5.93. The van der Waals surface area contributed by atoms with Crippen molar-refractivity contribution in [2.45, 2.75) is 48.8 Å². The molecule has 1 saturated carbocycles. The van der Waals surface area contributed by atoms with Gasteiger partial charge >= 0.3 is 0 Å². The Morgan fingerprint density at radius 3 is 2.77 bits per heavy atom. The van der Waals surface area contributed by atoms with Crippen LogP contribution in [0.1, 0.15) is 40.7 Å². The molecule has 2 aromatic carbocycles. The van der Waals surface area contributed by atoms with Gasteiger partial charge in [-0.25, -0.2) is 0 Å². The van der Waals surface area contributed by atoms with Crippen LogP contribution < -0.4 is 4.74 Å². The lowest BCUT2D eigenvalue weighted by atomic mass is 9.49. The summed E-state index contributed by atoms with van der Waals surface area (Å²) in [6.45, 7) is 0.819. The van der Waals surface area contributed by atoms with E-state index >= 15 is 0 Å². The van der Waals surface area contributed by atoms with Crippen LogP contribution in [0.25, 0.3) is 0 Å². The maximum atomic E-state index is 12.9. The van der Waals surface area contributed by atoms with Gasteiger partial charge in [0.2, 0.25) is 0 Å². The number of aliphatic hydroxyl groups is 1. The lowest BCUT2D eigenvalue weighted by Crippen LogP contribution is -2.76. The maximum absolute atomic E-state index is 12.9. The minimum absolute atomic E-state index is 0.0179. The van der Waals surface area contributed by atoms with Gasteiger partial charge in [0.15, 0.2) is 29.2 Å². The Kier molecular flexibility index (Phi) is 3.58. The summed E-state index contributed by atoms with van der Waals surface area (Å²) in [4.78, 5) is 27.8. The number of hydrogen-bond donors (Lipinski definition) is 2. The number of nitrogens with zero attached hydrogens (tertiary/aromatic N) is 1. The number of phenolic OH excluding ortho intramolecular Hbond substituents is 1. The minimum Gasteiger partial charge on any atom is -0.504 e. The van der Waals surface area contributed by atoms with Crippen LogP contribution in [0.2, 0.25) is 0 Å². The number of rotatable bonds is 3. The minimum atomic E-state index is -1.17. The molecule has 2 fully saturated rings. The van der Waals surface area contributed by atoms with E-state index in [1.54, 1.807) is 6.07 Å². The number of phenols is 1. The monoisotopic (exact) mass is 405 g/mol. The zero-order chi connectivity index (χ0) is 20.7. The van der Waals surface area contributed by atoms with Crippen LogP contribution in [-0.4, -0.2) is 57.5 Å². The Bertz CT molecular complexity index is 1080. The van der Waals surface area contributed by atoms with Crippen molar-refractivity contribution in [3.05, 3.63) is 59.2 Å². The van der Waals surface area contributed by atoms with Gasteiger partial charge in [0, 0.05) is 30.1 Å². The van der Waals surface area contributed by atoms with E-state index in [9.17, 15) is 19.8 Å². The normalized spacial score (nSPS) is 33.7. The molecule has 1 spiro atoms. The van der Waals surface area contributed by atoms with Gasteiger partial charge in [0.25, 0.3) is 0 Å².